The van der Waals surface area contributed by atoms with Crippen molar-refractivity contribution in [2.45, 2.75) is 41.9 Å². The molecule has 0 aromatic carbocycles. The van der Waals surface area contributed by atoms with Crippen LogP contribution in [0.25, 0.3) is 0 Å². The van der Waals surface area contributed by atoms with Crippen molar-refractivity contribution in [1.82, 2.24) is 0 Å². The molecule has 0 spiro atoms. The first-order chi connectivity index (χ1) is 10.9. The number of aliphatic hydroxyl groups is 1. The Morgan fingerprint density at radius 3 is 2.65 bits per heavy atom. The van der Waals surface area contributed by atoms with E-state index in [0.717, 1.165) is 37.0 Å². The maximum absolute atomic E-state index is 11.8. The van der Waals surface area contributed by atoms with Gasteiger partial charge in [0.1, 0.15) is 4.21 Å². The van der Waals surface area contributed by atoms with Gasteiger partial charge in [-0.2, -0.15) is 0 Å². The Bertz CT molecular complexity index is 636. The maximum Gasteiger partial charge on any atom is 0.247 e. The Balaban J connectivity index is 2.14. The van der Waals surface area contributed by atoms with E-state index in [-0.39, 0.29) is 28.8 Å². The van der Waals surface area contributed by atoms with E-state index in [1.807, 2.05) is 0 Å². The van der Waals surface area contributed by atoms with Crippen molar-refractivity contribution in [3.05, 3.63) is 28.6 Å². The highest BCUT2D eigenvalue weighted by atomic mass is 35.5. The molecule has 0 saturated heterocycles. The molecule has 130 valence electrons. The van der Waals surface area contributed by atoms with Gasteiger partial charge in [-0.15, -0.1) is 17.9 Å². The molecular weight excluding hydrogens is 358 g/mol. The van der Waals surface area contributed by atoms with E-state index in [2.05, 4.69) is 6.58 Å². The highest BCUT2D eigenvalue weighted by Gasteiger charge is 2.32. The average Bonchev–Trinajstić information content (AvgIpc) is 2.89. The second-order valence-corrected chi connectivity index (χ2v) is 9.23. The predicted molar refractivity (Wildman–Crippen MR) is 92.4 cm³/mol. The third kappa shape index (κ3) is 4.78. The number of thiophene rings is 1. The quantitative estimate of drug-likeness (QED) is 0.713. The number of sulfonamides is 1. The van der Waals surface area contributed by atoms with E-state index < -0.39 is 10.0 Å². The Morgan fingerprint density at radius 2 is 2.13 bits per heavy atom. The summed E-state index contributed by atoms with van der Waals surface area (Å²) in [5.41, 5.74) is 0.542. The van der Waals surface area contributed by atoms with Gasteiger partial charge in [0.2, 0.25) is 10.0 Å². The number of hydrogen-bond donors (Lipinski definition) is 2. The summed E-state index contributed by atoms with van der Waals surface area (Å²) in [5.74, 6) is -0.0813. The van der Waals surface area contributed by atoms with Crippen LogP contribution in [0.1, 0.15) is 37.2 Å². The highest BCUT2D eigenvalue weighted by Crippen LogP contribution is 2.42. The largest absolute Gasteiger partial charge is 0.396 e. The first kappa shape index (κ1) is 18.9. The van der Waals surface area contributed by atoms with E-state index in [9.17, 15) is 13.5 Å². The topological polar surface area (TPSA) is 89.6 Å². The van der Waals surface area contributed by atoms with Crippen LogP contribution in [0.5, 0.6) is 0 Å². The molecule has 0 unspecified atom stereocenters. The Labute approximate surface area is 146 Å². The fourth-order valence-electron chi connectivity index (χ4n) is 3.20. The van der Waals surface area contributed by atoms with E-state index in [4.69, 9.17) is 21.5 Å². The van der Waals surface area contributed by atoms with Gasteiger partial charge < -0.3 is 9.84 Å². The molecule has 5 nitrogen and oxygen atoms in total. The molecule has 0 aliphatic heterocycles. The van der Waals surface area contributed by atoms with Crippen LogP contribution < -0.4 is 5.14 Å². The molecule has 8 heteroatoms. The fourth-order valence-corrected chi connectivity index (χ4v) is 5.65. The summed E-state index contributed by atoms with van der Waals surface area (Å²) in [6.45, 7) is 4.05. The molecule has 0 amide bonds. The molecule has 0 radical (unpaired) electrons. The number of ether oxygens (including phenoxy) is 1. The number of primary sulfonamides is 1. The summed E-state index contributed by atoms with van der Waals surface area (Å²) < 4.78 is 29.6. The minimum atomic E-state index is -3.84. The molecule has 1 saturated carbocycles. The molecule has 0 bridgehead atoms. The Hall–Kier alpha value is -0.440. The molecule has 1 aliphatic carbocycles. The first-order valence-corrected chi connectivity index (χ1v) is 10.3. The summed E-state index contributed by atoms with van der Waals surface area (Å²) in [4.78, 5) is 0. The maximum atomic E-state index is 11.8. The minimum absolute atomic E-state index is 0.0616. The van der Waals surface area contributed by atoms with Crippen LogP contribution in [0.2, 0.25) is 4.34 Å². The van der Waals surface area contributed by atoms with Gasteiger partial charge in [-0.1, -0.05) is 17.7 Å². The van der Waals surface area contributed by atoms with Gasteiger partial charge >= 0.3 is 0 Å². The van der Waals surface area contributed by atoms with Crippen LogP contribution in [0.15, 0.2) is 22.9 Å². The fraction of sp³-hybridized carbons (Fsp3) is 0.600. The van der Waals surface area contributed by atoms with Crippen LogP contribution in [0.4, 0.5) is 0 Å². The van der Waals surface area contributed by atoms with Crippen molar-refractivity contribution in [2.24, 2.45) is 11.1 Å². The smallest absolute Gasteiger partial charge is 0.247 e. The second kappa shape index (κ2) is 8.09. The van der Waals surface area contributed by atoms with Crippen LogP contribution in [0.3, 0.4) is 0 Å². The summed E-state index contributed by atoms with van der Waals surface area (Å²) in [5, 5.41) is 15.1. The van der Waals surface area contributed by atoms with E-state index in [0.29, 0.717) is 16.5 Å². The molecule has 1 aromatic rings. The normalized spacial score (nSPS) is 23.6. The van der Waals surface area contributed by atoms with Gasteiger partial charge in [0.05, 0.1) is 23.7 Å². The molecule has 3 N–H and O–H groups in total. The molecular formula is C15H22ClNO4S2. The SMILES string of the molecule is C=CCOC1CCC([C@H](CO)c2cc(Cl)sc2S(N)(=O)=O)CC1. The monoisotopic (exact) mass is 379 g/mol. The van der Waals surface area contributed by atoms with Crippen molar-refractivity contribution >= 4 is 33.0 Å². The Kier molecular flexibility index (Phi) is 6.65. The van der Waals surface area contributed by atoms with E-state index >= 15 is 0 Å². The average molecular weight is 380 g/mol. The van der Waals surface area contributed by atoms with Crippen LogP contribution in [-0.2, 0) is 14.8 Å². The third-order valence-corrected chi connectivity index (χ3v) is 7.06. The number of nitrogens with two attached hydrogens (primary N) is 1. The summed E-state index contributed by atoms with van der Waals surface area (Å²) in [7, 11) is -3.84. The van der Waals surface area contributed by atoms with Crippen molar-refractivity contribution in [1.29, 1.82) is 0 Å². The van der Waals surface area contributed by atoms with Gasteiger partial charge in [0.25, 0.3) is 0 Å². The zero-order chi connectivity index (χ0) is 17.0. The van der Waals surface area contributed by atoms with Crippen LogP contribution in [0, 0.1) is 5.92 Å². The van der Waals surface area contributed by atoms with Gasteiger partial charge in [-0.3, -0.25) is 0 Å². The summed E-state index contributed by atoms with van der Waals surface area (Å²) >= 11 is 6.93. The number of aliphatic hydroxyl groups excluding tert-OH is 1. The van der Waals surface area contributed by atoms with Gasteiger partial charge in [-0.25, -0.2) is 13.6 Å². The predicted octanol–water partition coefficient (Wildman–Crippen LogP) is 2.89. The minimum Gasteiger partial charge on any atom is -0.396 e. The zero-order valence-electron chi connectivity index (χ0n) is 12.8. The lowest BCUT2D eigenvalue weighted by Crippen LogP contribution is -2.27. The van der Waals surface area contributed by atoms with Crippen molar-refractivity contribution < 1.29 is 18.3 Å². The summed E-state index contributed by atoms with van der Waals surface area (Å²) in [6, 6.07) is 1.62. The molecule has 1 fully saturated rings. The van der Waals surface area contributed by atoms with E-state index in [1.165, 1.54) is 0 Å². The summed E-state index contributed by atoms with van der Waals surface area (Å²) in [6.07, 6.45) is 5.44. The molecule has 2 rings (SSSR count). The molecule has 1 atom stereocenters. The zero-order valence-corrected chi connectivity index (χ0v) is 15.2. The molecule has 23 heavy (non-hydrogen) atoms. The number of rotatable bonds is 7. The Morgan fingerprint density at radius 1 is 1.48 bits per heavy atom. The number of halogens is 1. The van der Waals surface area contributed by atoms with Gasteiger partial charge in [0.15, 0.2) is 0 Å². The van der Waals surface area contributed by atoms with Crippen molar-refractivity contribution in [3.63, 3.8) is 0 Å². The van der Waals surface area contributed by atoms with Gasteiger partial charge in [0, 0.05) is 5.92 Å². The third-order valence-electron chi connectivity index (χ3n) is 4.29. The van der Waals surface area contributed by atoms with Gasteiger partial charge in [-0.05, 0) is 43.2 Å². The van der Waals surface area contributed by atoms with Crippen molar-refractivity contribution in [2.75, 3.05) is 13.2 Å². The van der Waals surface area contributed by atoms with E-state index in [1.54, 1.807) is 12.1 Å². The molecule has 1 aliphatic rings. The molecule has 1 heterocycles. The first-order valence-electron chi connectivity index (χ1n) is 7.52. The van der Waals surface area contributed by atoms with Crippen LogP contribution in [-0.4, -0.2) is 32.8 Å². The second-order valence-electron chi connectivity index (χ2n) is 5.79. The lowest BCUT2D eigenvalue weighted by Gasteiger charge is -2.33. The standard InChI is InChI=1S/C15H22ClNO4S2/c1-2-7-21-11-5-3-10(4-6-11)13(9-18)12-8-14(16)22-15(12)23(17,19)20/h2,8,10-11,13,18H,1,3-7,9H2,(H2,17,19,20)/t10?,11?,13-/m0/s1. The lowest BCUT2D eigenvalue weighted by atomic mass is 9.77. The lowest BCUT2D eigenvalue weighted by molar-refractivity contribution is 0.0277. The van der Waals surface area contributed by atoms with Crippen molar-refractivity contribution in [3.8, 4) is 0 Å². The number of hydrogen-bond acceptors (Lipinski definition) is 5. The van der Waals surface area contributed by atoms with Crippen LogP contribution >= 0.6 is 22.9 Å². The molecule has 1 aromatic heterocycles. The highest BCUT2D eigenvalue weighted by molar-refractivity contribution is 7.91.